The van der Waals surface area contributed by atoms with Gasteiger partial charge in [0.15, 0.2) is 11.4 Å². The summed E-state index contributed by atoms with van der Waals surface area (Å²) < 4.78 is 57.1. The Labute approximate surface area is 180 Å². The first-order valence-electron chi connectivity index (χ1n) is 9.57. The molecule has 0 fully saturated rings. The molecule has 0 unspecified atom stereocenters. The number of nitrogens with one attached hydrogen (secondary N) is 2. The second kappa shape index (κ2) is 8.59. The number of benzene rings is 2. The van der Waals surface area contributed by atoms with E-state index in [0.29, 0.717) is 34.4 Å². The lowest BCUT2D eigenvalue weighted by molar-refractivity contribution is -0.137. The van der Waals surface area contributed by atoms with E-state index in [1.54, 1.807) is 30.3 Å². The summed E-state index contributed by atoms with van der Waals surface area (Å²) >= 11 is 0. The second-order valence-electron chi connectivity index (χ2n) is 6.97. The molecule has 0 aliphatic heterocycles. The van der Waals surface area contributed by atoms with Gasteiger partial charge in [0.05, 0.1) is 17.7 Å². The molecule has 0 aliphatic carbocycles. The van der Waals surface area contributed by atoms with Crippen molar-refractivity contribution in [3.05, 3.63) is 83.4 Å². The van der Waals surface area contributed by atoms with Crippen molar-refractivity contribution < 1.29 is 22.3 Å². The van der Waals surface area contributed by atoms with Crippen molar-refractivity contribution in [3.63, 3.8) is 0 Å². The lowest BCUT2D eigenvalue weighted by Crippen LogP contribution is -2.06. The maximum absolute atomic E-state index is 13.6. The molecule has 5 nitrogen and oxygen atoms in total. The number of nitriles is 1. The molecule has 2 heterocycles. The summed E-state index contributed by atoms with van der Waals surface area (Å²) in [5.41, 5.74) is 1.32. The van der Waals surface area contributed by atoms with Crippen LogP contribution in [0.25, 0.3) is 10.9 Å². The van der Waals surface area contributed by atoms with Crippen LogP contribution in [0, 0.1) is 17.1 Å². The van der Waals surface area contributed by atoms with Gasteiger partial charge in [-0.3, -0.25) is 0 Å². The molecular formula is C23H16F4N4O. The van der Waals surface area contributed by atoms with Crippen LogP contribution in [0.1, 0.15) is 16.8 Å². The number of fused-ring (bicyclic) bond motifs is 1. The number of hydrogen-bond donors (Lipinski definition) is 2. The molecule has 0 spiro atoms. The first kappa shape index (κ1) is 21.2. The van der Waals surface area contributed by atoms with Crippen molar-refractivity contribution in [1.82, 2.24) is 9.97 Å². The van der Waals surface area contributed by atoms with Gasteiger partial charge in [0.1, 0.15) is 17.7 Å². The highest BCUT2D eigenvalue weighted by atomic mass is 19.4. The van der Waals surface area contributed by atoms with Crippen LogP contribution in [0.4, 0.5) is 29.1 Å². The fraction of sp³-hybridized carbons (Fsp3) is 0.130. The summed E-state index contributed by atoms with van der Waals surface area (Å²) in [6, 6.07) is 15.1. The Morgan fingerprint density at radius 1 is 1.06 bits per heavy atom. The third-order valence-electron chi connectivity index (χ3n) is 4.80. The van der Waals surface area contributed by atoms with Gasteiger partial charge in [0.25, 0.3) is 0 Å². The Balaban J connectivity index is 1.40. The molecule has 2 aromatic carbocycles. The van der Waals surface area contributed by atoms with Gasteiger partial charge in [-0.1, -0.05) is 12.1 Å². The van der Waals surface area contributed by atoms with Crippen molar-refractivity contribution in [1.29, 1.82) is 5.26 Å². The molecule has 9 heteroatoms. The molecule has 32 heavy (non-hydrogen) atoms. The molecule has 0 amide bonds. The van der Waals surface area contributed by atoms with Crippen molar-refractivity contribution in [3.8, 4) is 11.8 Å². The third kappa shape index (κ3) is 4.64. The summed E-state index contributed by atoms with van der Waals surface area (Å²) in [7, 11) is 0. The van der Waals surface area contributed by atoms with Crippen molar-refractivity contribution in [2.75, 3.05) is 11.9 Å². The van der Waals surface area contributed by atoms with Crippen LogP contribution in [0.15, 0.2) is 60.8 Å². The van der Waals surface area contributed by atoms with Crippen molar-refractivity contribution in [2.45, 2.75) is 12.6 Å². The highest BCUT2D eigenvalue weighted by Gasteiger charge is 2.29. The maximum Gasteiger partial charge on any atom is 0.416 e. The molecule has 162 valence electrons. The Bertz CT molecular complexity index is 1290. The normalized spacial score (nSPS) is 11.3. The highest BCUT2D eigenvalue weighted by molar-refractivity contribution is 5.84. The SMILES string of the molecule is N#Cc1nc(Nc2ccc3c(F)c[nH]c3c2)ccc1OCCc1ccc(C(F)(F)F)cc1. The largest absolute Gasteiger partial charge is 0.490 e. The zero-order valence-electron chi connectivity index (χ0n) is 16.5. The number of rotatable bonds is 6. The summed E-state index contributed by atoms with van der Waals surface area (Å²) in [6.07, 6.45) is -2.73. The number of pyridine rings is 1. The van der Waals surface area contributed by atoms with E-state index in [-0.39, 0.29) is 23.9 Å². The van der Waals surface area contributed by atoms with Gasteiger partial charge < -0.3 is 15.0 Å². The van der Waals surface area contributed by atoms with Gasteiger partial charge in [-0.2, -0.15) is 18.4 Å². The minimum absolute atomic E-state index is 0.0643. The number of hydrogen-bond acceptors (Lipinski definition) is 4. The minimum Gasteiger partial charge on any atom is -0.490 e. The third-order valence-corrected chi connectivity index (χ3v) is 4.80. The number of ether oxygens (including phenoxy) is 1. The van der Waals surface area contributed by atoms with E-state index in [0.717, 1.165) is 12.1 Å². The first-order valence-corrected chi connectivity index (χ1v) is 9.57. The predicted molar refractivity (Wildman–Crippen MR) is 111 cm³/mol. The Morgan fingerprint density at radius 3 is 2.56 bits per heavy atom. The molecule has 0 bridgehead atoms. The first-order chi connectivity index (χ1) is 15.3. The fourth-order valence-electron chi connectivity index (χ4n) is 3.17. The molecule has 2 N–H and O–H groups in total. The van der Waals surface area contributed by atoms with Crippen LogP contribution in [-0.4, -0.2) is 16.6 Å². The van der Waals surface area contributed by atoms with Crippen LogP contribution in [-0.2, 0) is 12.6 Å². The van der Waals surface area contributed by atoms with Crippen molar-refractivity contribution in [2.24, 2.45) is 0 Å². The van der Waals surface area contributed by atoms with E-state index in [1.165, 1.54) is 18.3 Å². The summed E-state index contributed by atoms with van der Waals surface area (Å²) in [4.78, 5) is 7.06. The molecule has 0 aliphatic rings. The van der Waals surface area contributed by atoms with Crippen LogP contribution in [0.3, 0.4) is 0 Å². The Hall–Kier alpha value is -4.06. The number of aromatic amines is 1. The zero-order valence-corrected chi connectivity index (χ0v) is 16.5. The number of aromatic nitrogens is 2. The van der Waals surface area contributed by atoms with E-state index in [4.69, 9.17) is 4.74 Å². The lowest BCUT2D eigenvalue weighted by Gasteiger charge is -2.11. The van der Waals surface area contributed by atoms with E-state index in [9.17, 15) is 22.8 Å². The quantitative estimate of drug-likeness (QED) is 0.363. The van der Waals surface area contributed by atoms with Gasteiger partial charge in [-0.05, 0) is 48.0 Å². The monoisotopic (exact) mass is 440 g/mol. The van der Waals surface area contributed by atoms with E-state index < -0.39 is 11.7 Å². The molecule has 4 aromatic rings. The average Bonchev–Trinajstić information content (AvgIpc) is 3.14. The van der Waals surface area contributed by atoms with Crippen LogP contribution in [0.5, 0.6) is 5.75 Å². The van der Waals surface area contributed by atoms with E-state index >= 15 is 0 Å². The number of alkyl halides is 3. The summed E-state index contributed by atoms with van der Waals surface area (Å²) in [6.45, 7) is 0.170. The van der Waals surface area contributed by atoms with Crippen LogP contribution >= 0.6 is 0 Å². The molecule has 0 atom stereocenters. The van der Waals surface area contributed by atoms with Crippen molar-refractivity contribution >= 4 is 22.4 Å². The molecule has 0 saturated heterocycles. The topological polar surface area (TPSA) is 73.7 Å². The summed E-state index contributed by atoms with van der Waals surface area (Å²) in [5.74, 6) is 0.337. The molecule has 4 rings (SSSR count). The standard InChI is InChI=1S/C23H16F4N4O/c24-18-13-29-19-11-16(5-6-17(18)19)30-22-8-7-21(20(12-28)31-22)32-10-9-14-1-3-15(4-2-14)23(25,26)27/h1-8,11,13,29H,9-10H2,(H,30,31). The van der Waals surface area contributed by atoms with Crippen LogP contribution in [0.2, 0.25) is 0 Å². The summed E-state index contributed by atoms with van der Waals surface area (Å²) in [5, 5.41) is 12.9. The molecule has 0 saturated carbocycles. The maximum atomic E-state index is 13.6. The fourth-order valence-corrected chi connectivity index (χ4v) is 3.17. The zero-order chi connectivity index (χ0) is 22.7. The van der Waals surface area contributed by atoms with Gasteiger partial charge >= 0.3 is 6.18 Å². The second-order valence-corrected chi connectivity index (χ2v) is 6.97. The van der Waals surface area contributed by atoms with Gasteiger partial charge in [-0.15, -0.1) is 0 Å². The number of H-pyrrole nitrogens is 1. The van der Waals surface area contributed by atoms with Gasteiger partial charge in [0.2, 0.25) is 0 Å². The minimum atomic E-state index is -4.37. The molecular weight excluding hydrogens is 424 g/mol. The average molecular weight is 440 g/mol. The van der Waals surface area contributed by atoms with Gasteiger partial charge in [-0.25, -0.2) is 9.37 Å². The van der Waals surface area contributed by atoms with Crippen LogP contribution < -0.4 is 10.1 Å². The molecule has 0 radical (unpaired) electrons. The Kier molecular flexibility index (Phi) is 5.69. The number of anilines is 2. The predicted octanol–water partition coefficient (Wildman–Crippen LogP) is 5.96. The molecule has 2 aromatic heterocycles. The smallest absolute Gasteiger partial charge is 0.416 e. The Morgan fingerprint density at radius 2 is 1.84 bits per heavy atom. The number of nitrogens with zero attached hydrogens (tertiary/aromatic N) is 2. The van der Waals surface area contributed by atoms with E-state index in [1.807, 2.05) is 6.07 Å². The number of halogens is 4. The highest BCUT2D eigenvalue weighted by Crippen LogP contribution is 2.29. The lowest BCUT2D eigenvalue weighted by atomic mass is 10.1. The van der Waals surface area contributed by atoms with E-state index in [2.05, 4.69) is 15.3 Å². The van der Waals surface area contributed by atoms with Gasteiger partial charge in [0, 0.05) is 23.7 Å².